The third-order valence-corrected chi connectivity index (χ3v) is 5.06. The standard InChI is InChI=1S/C17H23N7O/c1-4-14-22-23-15(25-14)8-12-5-6-13(7-12)21-16-10(2)11(3)20-17-18-9-19-24(16)17/h9,12-13,21H,4-8H2,1-3H3/t12-,13+/m1/s1. The average molecular weight is 341 g/mol. The quantitative estimate of drug-likeness (QED) is 0.762. The summed E-state index contributed by atoms with van der Waals surface area (Å²) in [4.78, 5) is 8.68. The third kappa shape index (κ3) is 3.08. The molecule has 0 unspecified atom stereocenters. The number of hydrogen-bond acceptors (Lipinski definition) is 7. The van der Waals surface area contributed by atoms with E-state index in [1.54, 1.807) is 10.8 Å². The van der Waals surface area contributed by atoms with Crippen LogP contribution in [-0.2, 0) is 12.8 Å². The number of hydrogen-bond donors (Lipinski definition) is 1. The Morgan fingerprint density at radius 1 is 1.24 bits per heavy atom. The number of anilines is 1. The number of aryl methyl sites for hydroxylation is 2. The van der Waals surface area contributed by atoms with Crippen LogP contribution in [0, 0.1) is 19.8 Å². The summed E-state index contributed by atoms with van der Waals surface area (Å²) >= 11 is 0. The van der Waals surface area contributed by atoms with E-state index in [1.165, 1.54) is 0 Å². The average Bonchev–Trinajstić information content (AvgIpc) is 3.33. The van der Waals surface area contributed by atoms with Gasteiger partial charge in [0.15, 0.2) is 0 Å². The molecule has 4 rings (SSSR count). The number of rotatable bonds is 5. The zero-order chi connectivity index (χ0) is 17.4. The lowest BCUT2D eigenvalue weighted by Gasteiger charge is -2.17. The van der Waals surface area contributed by atoms with E-state index in [9.17, 15) is 0 Å². The second-order valence-corrected chi connectivity index (χ2v) is 6.81. The van der Waals surface area contributed by atoms with E-state index in [-0.39, 0.29) is 0 Å². The van der Waals surface area contributed by atoms with E-state index in [0.717, 1.165) is 61.0 Å². The van der Waals surface area contributed by atoms with E-state index in [2.05, 4.69) is 37.5 Å². The van der Waals surface area contributed by atoms with Crippen molar-refractivity contribution in [3.05, 3.63) is 29.4 Å². The van der Waals surface area contributed by atoms with Crippen LogP contribution in [-0.4, -0.2) is 35.8 Å². The van der Waals surface area contributed by atoms with Gasteiger partial charge in [0.2, 0.25) is 11.8 Å². The summed E-state index contributed by atoms with van der Waals surface area (Å²) in [6.45, 7) is 6.10. The van der Waals surface area contributed by atoms with Crippen LogP contribution >= 0.6 is 0 Å². The van der Waals surface area contributed by atoms with Gasteiger partial charge in [0, 0.05) is 30.1 Å². The maximum atomic E-state index is 5.66. The Hall–Kier alpha value is -2.51. The number of nitrogens with zero attached hydrogens (tertiary/aromatic N) is 6. The van der Waals surface area contributed by atoms with E-state index in [1.807, 2.05) is 13.8 Å². The molecule has 3 heterocycles. The third-order valence-electron chi connectivity index (χ3n) is 5.06. The largest absolute Gasteiger partial charge is 0.425 e. The number of aromatic nitrogens is 6. The summed E-state index contributed by atoms with van der Waals surface area (Å²) in [5.74, 6) is 3.68. The molecular weight excluding hydrogens is 318 g/mol. The molecule has 0 amide bonds. The van der Waals surface area contributed by atoms with E-state index in [0.29, 0.717) is 17.7 Å². The molecule has 1 saturated carbocycles. The fourth-order valence-corrected chi connectivity index (χ4v) is 3.55. The first-order chi connectivity index (χ1) is 12.1. The van der Waals surface area contributed by atoms with Crippen molar-refractivity contribution >= 4 is 11.6 Å². The highest BCUT2D eigenvalue weighted by molar-refractivity contribution is 5.52. The predicted molar refractivity (Wildman–Crippen MR) is 92.4 cm³/mol. The van der Waals surface area contributed by atoms with Gasteiger partial charge in [-0.05, 0) is 39.0 Å². The molecule has 0 saturated heterocycles. The molecule has 0 spiro atoms. The lowest BCUT2D eigenvalue weighted by molar-refractivity contribution is 0.409. The van der Waals surface area contributed by atoms with Crippen molar-refractivity contribution in [2.75, 3.05) is 5.32 Å². The molecule has 25 heavy (non-hydrogen) atoms. The molecular formula is C17H23N7O. The van der Waals surface area contributed by atoms with Crippen molar-refractivity contribution in [1.29, 1.82) is 0 Å². The van der Waals surface area contributed by atoms with Gasteiger partial charge in [0.05, 0.1) is 0 Å². The second-order valence-electron chi connectivity index (χ2n) is 6.81. The summed E-state index contributed by atoms with van der Waals surface area (Å²) in [6, 6.07) is 0.409. The minimum atomic E-state index is 0.409. The zero-order valence-electron chi connectivity index (χ0n) is 14.9. The Kier molecular flexibility index (Phi) is 4.10. The van der Waals surface area contributed by atoms with Gasteiger partial charge in [0.1, 0.15) is 12.1 Å². The first-order valence-electron chi connectivity index (χ1n) is 8.88. The van der Waals surface area contributed by atoms with Gasteiger partial charge in [0.25, 0.3) is 5.78 Å². The van der Waals surface area contributed by atoms with Crippen LogP contribution < -0.4 is 5.32 Å². The number of nitrogens with one attached hydrogen (secondary N) is 1. The molecule has 8 heteroatoms. The zero-order valence-corrected chi connectivity index (χ0v) is 14.9. The van der Waals surface area contributed by atoms with Crippen molar-refractivity contribution in [2.24, 2.45) is 5.92 Å². The molecule has 8 nitrogen and oxygen atoms in total. The van der Waals surface area contributed by atoms with Gasteiger partial charge in [-0.15, -0.1) is 10.2 Å². The van der Waals surface area contributed by atoms with E-state index >= 15 is 0 Å². The molecule has 1 aliphatic carbocycles. The van der Waals surface area contributed by atoms with Crippen LogP contribution in [0.15, 0.2) is 10.7 Å². The highest BCUT2D eigenvalue weighted by Gasteiger charge is 2.27. The van der Waals surface area contributed by atoms with Crippen LogP contribution in [0.2, 0.25) is 0 Å². The molecule has 132 valence electrons. The van der Waals surface area contributed by atoms with Gasteiger partial charge in [-0.1, -0.05) is 6.92 Å². The lowest BCUT2D eigenvalue weighted by atomic mass is 10.0. The van der Waals surface area contributed by atoms with Crippen LogP contribution in [0.5, 0.6) is 0 Å². The van der Waals surface area contributed by atoms with Crippen LogP contribution in [0.4, 0.5) is 5.82 Å². The van der Waals surface area contributed by atoms with E-state index < -0.39 is 0 Å². The maximum Gasteiger partial charge on any atom is 0.254 e. The van der Waals surface area contributed by atoms with Gasteiger partial charge < -0.3 is 9.73 Å². The van der Waals surface area contributed by atoms with Crippen LogP contribution in [0.3, 0.4) is 0 Å². The monoisotopic (exact) mass is 341 g/mol. The number of fused-ring (bicyclic) bond motifs is 1. The Bertz CT molecular complexity index is 884. The first kappa shape index (κ1) is 16.0. The van der Waals surface area contributed by atoms with Crippen molar-refractivity contribution < 1.29 is 4.42 Å². The Balaban J connectivity index is 1.46. The molecule has 3 aromatic heterocycles. The maximum absolute atomic E-state index is 5.66. The van der Waals surface area contributed by atoms with Crippen LogP contribution in [0.1, 0.15) is 49.2 Å². The SMILES string of the molecule is CCc1nnc(C[C@@H]2CC[C@H](Nc3c(C)c(C)nc4ncnn34)C2)o1. The van der Waals surface area contributed by atoms with Gasteiger partial charge in [-0.2, -0.15) is 14.6 Å². The summed E-state index contributed by atoms with van der Waals surface area (Å²) < 4.78 is 7.45. The van der Waals surface area contributed by atoms with Crippen molar-refractivity contribution in [2.45, 2.75) is 58.9 Å². The van der Waals surface area contributed by atoms with Crippen molar-refractivity contribution in [1.82, 2.24) is 29.8 Å². The smallest absolute Gasteiger partial charge is 0.254 e. The molecule has 0 radical (unpaired) electrons. The predicted octanol–water partition coefficient (Wildman–Crippen LogP) is 2.51. The first-order valence-corrected chi connectivity index (χ1v) is 8.88. The summed E-state index contributed by atoms with van der Waals surface area (Å²) in [5.41, 5.74) is 2.10. The van der Waals surface area contributed by atoms with Crippen molar-refractivity contribution in [3.8, 4) is 0 Å². The van der Waals surface area contributed by atoms with Crippen LogP contribution in [0.25, 0.3) is 5.78 Å². The molecule has 0 aliphatic heterocycles. The Labute approximate surface area is 146 Å². The molecule has 0 aromatic carbocycles. The lowest BCUT2D eigenvalue weighted by Crippen LogP contribution is -2.20. The molecule has 1 N–H and O–H groups in total. The summed E-state index contributed by atoms with van der Waals surface area (Å²) in [5, 5.41) is 16.2. The van der Waals surface area contributed by atoms with E-state index in [4.69, 9.17) is 4.42 Å². The molecule has 3 aromatic rings. The molecule has 2 atom stereocenters. The van der Waals surface area contributed by atoms with Gasteiger partial charge in [-0.25, -0.2) is 4.98 Å². The molecule has 1 aliphatic rings. The topological polar surface area (TPSA) is 94.0 Å². The van der Waals surface area contributed by atoms with Gasteiger partial charge in [-0.3, -0.25) is 0 Å². The van der Waals surface area contributed by atoms with Crippen molar-refractivity contribution in [3.63, 3.8) is 0 Å². The normalized spacial score (nSPS) is 20.4. The molecule has 0 bridgehead atoms. The Morgan fingerprint density at radius 2 is 2.08 bits per heavy atom. The highest BCUT2D eigenvalue weighted by Crippen LogP contribution is 2.31. The highest BCUT2D eigenvalue weighted by atomic mass is 16.4. The summed E-state index contributed by atoms with van der Waals surface area (Å²) in [6.07, 6.45) is 6.56. The fourth-order valence-electron chi connectivity index (χ4n) is 3.55. The van der Waals surface area contributed by atoms with Gasteiger partial charge >= 0.3 is 0 Å². The minimum absolute atomic E-state index is 0.409. The fraction of sp³-hybridized carbons (Fsp3) is 0.588. The minimum Gasteiger partial charge on any atom is -0.425 e. The molecule has 1 fully saturated rings. The second kappa shape index (κ2) is 6.42. The summed E-state index contributed by atoms with van der Waals surface area (Å²) in [7, 11) is 0. The Morgan fingerprint density at radius 3 is 2.88 bits per heavy atom.